The lowest BCUT2D eigenvalue weighted by Crippen LogP contribution is -2.26. The molecule has 2 rings (SSSR count). The Morgan fingerprint density at radius 2 is 1.62 bits per heavy atom. The van der Waals surface area contributed by atoms with Crippen molar-refractivity contribution in [3.05, 3.63) is 54.1 Å². The highest BCUT2D eigenvalue weighted by Crippen LogP contribution is 2.16. The fraction of sp³-hybridized carbons (Fsp3) is 0.176. The molecule has 0 bridgehead atoms. The highest BCUT2D eigenvalue weighted by molar-refractivity contribution is 7.86. The largest absolute Gasteiger partial charge is 0.497 e. The van der Waals surface area contributed by atoms with Gasteiger partial charge in [-0.3, -0.25) is 13.8 Å². The minimum atomic E-state index is -1.79. The lowest BCUT2D eigenvalue weighted by molar-refractivity contribution is -0.114. The van der Waals surface area contributed by atoms with Gasteiger partial charge in [-0.2, -0.15) is 0 Å². The monoisotopic (exact) mass is 382 g/mol. The first kappa shape index (κ1) is 19.5. The first-order valence-electron chi connectivity index (χ1n) is 7.41. The van der Waals surface area contributed by atoms with E-state index in [0.29, 0.717) is 17.5 Å². The Bertz CT molecular complexity index is 828. The molecule has 138 valence electrons. The number of amides is 2. The van der Waals surface area contributed by atoms with Gasteiger partial charge in [0.15, 0.2) is 0 Å². The quantitative estimate of drug-likeness (QED) is 0.770. The van der Waals surface area contributed by atoms with Crippen molar-refractivity contribution >= 4 is 34.0 Å². The SMILES string of the molecule is COc1ccc(NC(=O)C[S@](=O)CC(=O)Nc2ccc(F)cc2F)cc1. The molecule has 1 atom stereocenters. The summed E-state index contributed by atoms with van der Waals surface area (Å²) in [6.07, 6.45) is 0. The molecule has 0 aliphatic rings. The number of hydrogen-bond acceptors (Lipinski definition) is 4. The van der Waals surface area contributed by atoms with Gasteiger partial charge in [0.2, 0.25) is 11.8 Å². The van der Waals surface area contributed by atoms with Crippen LogP contribution in [-0.2, 0) is 20.4 Å². The van der Waals surface area contributed by atoms with E-state index in [9.17, 15) is 22.6 Å². The Kier molecular flexibility index (Phi) is 6.79. The summed E-state index contributed by atoms with van der Waals surface area (Å²) in [5.74, 6) is -3.27. The summed E-state index contributed by atoms with van der Waals surface area (Å²) in [5.41, 5.74) is 0.265. The predicted molar refractivity (Wildman–Crippen MR) is 94.5 cm³/mol. The van der Waals surface area contributed by atoms with Crippen molar-refractivity contribution in [2.45, 2.75) is 0 Å². The van der Waals surface area contributed by atoms with Gasteiger partial charge in [-0.1, -0.05) is 0 Å². The molecule has 0 unspecified atom stereocenters. The van der Waals surface area contributed by atoms with E-state index in [1.54, 1.807) is 24.3 Å². The molecule has 2 amide bonds. The molecule has 26 heavy (non-hydrogen) atoms. The van der Waals surface area contributed by atoms with Crippen LogP contribution < -0.4 is 15.4 Å². The Morgan fingerprint density at radius 1 is 1.00 bits per heavy atom. The Labute approximate surface area is 151 Å². The zero-order chi connectivity index (χ0) is 19.1. The number of anilines is 2. The number of benzene rings is 2. The third-order valence-electron chi connectivity index (χ3n) is 3.16. The van der Waals surface area contributed by atoms with Crippen LogP contribution in [0.4, 0.5) is 20.2 Å². The van der Waals surface area contributed by atoms with E-state index in [4.69, 9.17) is 4.74 Å². The van der Waals surface area contributed by atoms with Crippen LogP contribution in [0, 0.1) is 11.6 Å². The number of methoxy groups -OCH3 is 1. The van der Waals surface area contributed by atoms with Crippen LogP contribution in [0.3, 0.4) is 0 Å². The Hall–Kier alpha value is -2.81. The van der Waals surface area contributed by atoms with E-state index in [-0.39, 0.29) is 5.69 Å². The molecule has 0 fully saturated rings. The number of hydrogen-bond donors (Lipinski definition) is 2. The van der Waals surface area contributed by atoms with Crippen molar-refractivity contribution in [1.82, 2.24) is 0 Å². The molecular weight excluding hydrogens is 366 g/mol. The summed E-state index contributed by atoms with van der Waals surface area (Å²) in [6.45, 7) is 0. The maximum absolute atomic E-state index is 13.5. The molecule has 6 nitrogen and oxygen atoms in total. The molecule has 0 saturated heterocycles. The molecule has 0 spiro atoms. The van der Waals surface area contributed by atoms with E-state index in [2.05, 4.69) is 10.6 Å². The second-order valence-electron chi connectivity index (χ2n) is 5.18. The summed E-state index contributed by atoms with van der Waals surface area (Å²) in [7, 11) is -0.276. The number of carbonyl (C=O) groups excluding carboxylic acids is 2. The van der Waals surface area contributed by atoms with Gasteiger partial charge < -0.3 is 15.4 Å². The van der Waals surface area contributed by atoms with Crippen LogP contribution in [-0.4, -0.2) is 34.6 Å². The Balaban J connectivity index is 1.82. The number of nitrogens with one attached hydrogen (secondary N) is 2. The molecule has 2 aromatic rings. The first-order chi connectivity index (χ1) is 12.4. The van der Waals surface area contributed by atoms with Gasteiger partial charge in [0.25, 0.3) is 0 Å². The van der Waals surface area contributed by atoms with E-state index >= 15 is 0 Å². The fourth-order valence-corrected chi connectivity index (χ4v) is 2.82. The van der Waals surface area contributed by atoms with Crippen molar-refractivity contribution in [3.63, 3.8) is 0 Å². The second-order valence-corrected chi connectivity index (χ2v) is 6.63. The number of ether oxygens (including phenoxy) is 1. The van der Waals surface area contributed by atoms with Crippen LogP contribution in [0.15, 0.2) is 42.5 Å². The van der Waals surface area contributed by atoms with E-state index in [1.807, 2.05) is 0 Å². The summed E-state index contributed by atoms with van der Waals surface area (Å²) in [5, 5.41) is 4.73. The van der Waals surface area contributed by atoms with Crippen LogP contribution in [0.25, 0.3) is 0 Å². The third kappa shape index (κ3) is 5.92. The van der Waals surface area contributed by atoms with Crippen LogP contribution in [0.5, 0.6) is 5.75 Å². The zero-order valence-electron chi connectivity index (χ0n) is 13.8. The maximum Gasteiger partial charge on any atom is 0.237 e. The van der Waals surface area contributed by atoms with Gasteiger partial charge in [0.05, 0.1) is 12.8 Å². The van der Waals surface area contributed by atoms with Gasteiger partial charge in [-0.05, 0) is 36.4 Å². The first-order valence-corrected chi connectivity index (χ1v) is 8.90. The van der Waals surface area contributed by atoms with E-state index in [1.165, 1.54) is 7.11 Å². The molecule has 0 aliphatic heterocycles. The normalized spacial score (nSPS) is 11.5. The molecule has 9 heteroatoms. The molecule has 0 saturated carbocycles. The fourth-order valence-electron chi connectivity index (χ4n) is 1.99. The van der Waals surface area contributed by atoms with Gasteiger partial charge in [-0.15, -0.1) is 0 Å². The minimum Gasteiger partial charge on any atom is -0.497 e. The third-order valence-corrected chi connectivity index (χ3v) is 4.33. The van der Waals surface area contributed by atoms with Crippen molar-refractivity contribution in [2.75, 3.05) is 29.2 Å². The molecule has 0 aliphatic carbocycles. The minimum absolute atomic E-state index is 0.226. The van der Waals surface area contributed by atoms with Gasteiger partial charge in [0.1, 0.15) is 28.9 Å². The van der Waals surface area contributed by atoms with Crippen LogP contribution >= 0.6 is 0 Å². The lowest BCUT2D eigenvalue weighted by atomic mass is 10.3. The van der Waals surface area contributed by atoms with Crippen LogP contribution in [0.2, 0.25) is 0 Å². The average molecular weight is 382 g/mol. The summed E-state index contributed by atoms with van der Waals surface area (Å²) < 4.78 is 43.2. The highest BCUT2D eigenvalue weighted by Gasteiger charge is 2.14. The predicted octanol–water partition coefficient (Wildman–Crippen LogP) is 2.30. The molecule has 2 N–H and O–H groups in total. The molecule has 0 aromatic heterocycles. The van der Waals surface area contributed by atoms with Crippen molar-refractivity contribution in [2.24, 2.45) is 0 Å². The standard InChI is InChI=1S/C17H16F2N2O4S/c1-25-13-5-3-12(4-6-13)20-16(22)9-26(24)10-17(23)21-15-7-2-11(18)8-14(15)19/h2-8H,9-10H2,1H3,(H,20,22)(H,21,23)/t26-/m0/s1. The number of halogens is 2. The summed E-state index contributed by atoms with van der Waals surface area (Å²) >= 11 is 0. The van der Waals surface area contributed by atoms with Crippen molar-refractivity contribution in [1.29, 1.82) is 0 Å². The topological polar surface area (TPSA) is 84.5 Å². The number of rotatable bonds is 7. The lowest BCUT2D eigenvalue weighted by Gasteiger charge is -2.08. The van der Waals surface area contributed by atoms with Gasteiger partial charge in [-0.25, -0.2) is 8.78 Å². The number of carbonyl (C=O) groups is 2. The molecule has 0 heterocycles. The van der Waals surface area contributed by atoms with E-state index in [0.717, 1.165) is 12.1 Å². The zero-order valence-corrected chi connectivity index (χ0v) is 14.6. The average Bonchev–Trinajstić information content (AvgIpc) is 2.57. The van der Waals surface area contributed by atoms with E-state index < -0.39 is 45.8 Å². The van der Waals surface area contributed by atoms with Crippen LogP contribution in [0.1, 0.15) is 0 Å². The van der Waals surface area contributed by atoms with Crippen molar-refractivity contribution in [3.8, 4) is 5.75 Å². The van der Waals surface area contributed by atoms with Gasteiger partial charge in [0, 0.05) is 22.6 Å². The highest BCUT2D eigenvalue weighted by atomic mass is 32.2. The maximum atomic E-state index is 13.5. The summed E-state index contributed by atoms with van der Waals surface area (Å²) in [6, 6.07) is 9.19. The molecular formula is C17H16F2N2O4S. The van der Waals surface area contributed by atoms with Crippen molar-refractivity contribution < 1.29 is 27.3 Å². The smallest absolute Gasteiger partial charge is 0.237 e. The van der Waals surface area contributed by atoms with Gasteiger partial charge >= 0.3 is 0 Å². The Morgan fingerprint density at radius 3 is 2.19 bits per heavy atom. The second kappa shape index (κ2) is 9.04. The molecule has 0 radical (unpaired) electrons. The summed E-state index contributed by atoms with van der Waals surface area (Å²) in [4.78, 5) is 23.6. The molecule has 2 aromatic carbocycles.